The molecule has 3 heteroatoms. The molecule has 0 unspecified atom stereocenters. The van der Waals surface area contributed by atoms with Crippen molar-refractivity contribution in [3.05, 3.63) is 23.3 Å². The molecule has 136 valence electrons. The van der Waals surface area contributed by atoms with Gasteiger partial charge in [0.25, 0.3) is 0 Å². The molecule has 0 saturated carbocycles. The lowest BCUT2D eigenvalue weighted by atomic mass is 9.98. The van der Waals surface area contributed by atoms with Crippen LogP contribution in [0.15, 0.2) is 12.1 Å². The molecule has 0 amide bonds. The first-order valence-corrected chi connectivity index (χ1v) is 9.74. The van der Waals surface area contributed by atoms with Gasteiger partial charge in [-0.05, 0) is 42.6 Å². The van der Waals surface area contributed by atoms with Gasteiger partial charge in [0.05, 0.1) is 14.2 Å². The maximum atomic E-state index is 5.45. The first-order chi connectivity index (χ1) is 11.8. The topological polar surface area (TPSA) is 21.7 Å². The zero-order valence-electron chi connectivity index (χ0n) is 15.9. The maximum Gasteiger partial charge on any atom is 0.161 e. The molecule has 0 radical (unpaired) electrons. The highest BCUT2D eigenvalue weighted by Crippen LogP contribution is 2.33. The van der Waals surface area contributed by atoms with E-state index in [0.717, 1.165) is 24.5 Å². The van der Waals surface area contributed by atoms with Crippen LogP contribution < -0.4 is 9.47 Å². The van der Waals surface area contributed by atoms with E-state index < -0.39 is 0 Å². The third-order valence-corrected chi connectivity index (χ3v) is 5.13. The van der Waals surface area contributed by atoms with Crippen molar-refractivity contribution in [2.75, 3.05) is 27.3 Å². The number of unbranched alkanes of at least 4 members (excludes halogenated alkanes) is 7. The van der Waals surface area contributed by atoms with Crippen LogP contribution >= 0.6 is 0 Å². The minimum Gasteiger partial charge on any atom is -0.493 e. The molecule has 1 aliphatic rings. The van der Waals surface area contributed by atoms with Crippen molar-refractivity contribution in [2.24, 2.45) is 0 Å². The van der Waals surface area contributed by atoms with Crippen LogP contribution in [0.3, 0.4) is 0 Å². The maximum absolute atomic E-state index is 5.45. The summed E-state index contributed by atoms with van der Waals surface area (Å²) in [6.45, 7) is 5.72. The number of hydrogen-bond donors (Lipinski definition) is 0. The standard InChI is InChI=1S/C21H35NO2/c1-4-5-6-7-8-9-10-11-13-22-14-12-18-15-20(23-2)21(24-3)16-19(18)17-22/h15-16H,4-14,17H2,1-3H3. The predicted octanol–water partition coefficient (Wildman–Crippen LogP) is 5.20. The van der Waals surface area contributed by atoms with Crippen molar-refractivity contribution in [3.63, 3.8) is 0 Å². The Kier molecular flexibility index (Phi) is 8.44. The fraction of sp³-hybridized carbons (Fsp3) is 0.714. The monoisotopic (exact) mass is 333 g/mol. The Bertz CT molecular complexity index is 487. The number of nitrogens with zero attached hydrogens (tertiary/aromatic N) is 1. The van der Waals surface area contributed by atoms with Gasteiger partial charge in [-0.3, -0.25) is 4.90 Å². The number of benzene rings is 1. The van der Waals surface area contributed by atoms with Gasteiger partial charge < -0.3 is 9.47 Å². The average Bonchev–Trinajstić information content (AvgIpc) is 2.62. The molecule has 0 saturated heterocycles. The quantitative estimate of drug-likeness (QED) is 0.519. The number of fused-ring (bicyclic) bond motifs is 1. The summed E-state index contributed by atoms with van der Waals surface area (Å²) < 4.78 is 10.9. The molecule has 3 nitrogen and oxygen atoms in total. The minimum absolute atomic E-state index is 0.852. The van der Waals surface area contributed by atoms with Crippen molar-refractivity contribution in [1.29, 1.82) is 0 Å². The van der Waals surface area contributed by atoms with Crippen molar-refractivity contribution >= 4 is 0 Å². The molecule has 1 heterocycles. The molecule has 0 fully saturated rings. The second-order valence-corrected chi connectivity index (χ2v) is 6.98. The Hall–Kier alpha value is -1.22. The average molecular weight is 334 g/mol. The summed E-state index contributed by atoms with van der Waals surface area (Å²) in [6.07, 6.45) is 12.2. The van der Waals surface area contributed by atoms with E-state index >= 15 is 0 Å². The van der Waals surface area contributed by atoms with E-state index in [2.05, 4.69) is 24.0 Å². The lowest BCUT2D eigenvalue weighted by molar-refractivity contribution is 0.246. The van der Waals surface area contributed by atoms with E-state index in [1.54, 1.807) is 14.2 Å². The van der Waals surface area contributed by atoms with Crippen molar-refractivity contribution in [2.45, 2.75) is 71.3 Å². The Morgan fingerprint density at radius 3 is 2.04 bits per heavy atom. The Labute approximate surface area is 148 Å². The summed E-state index contributed by atoms with van der Waals surface area (Å²) in [5.74, 6) is 1.71. The molecule has 0 spiro atoms. The van der Waals surface area contributed by atoms with Crippen LogP contribution in [0.1, 0.15) is 69.4 Å². The number of methoxy groups -OCH3 is 2. The van der Waals surface area contributed by atoms with Gasteiger partial charge in [0.15, 0.2) is 11.5 Å². The molecule has 0 bridgehead atoms. The van der Waals surface area contributed by atoms with Gasteiger partial charge in [-0.25, -0.2) is 0 Å². The normalized spacial score (nSPS) is 14.5. The number of ether oxygens (including phenoxy) is 2. The number of hydrogen-bond acceptors (Lipinski definition) is 3. The van der Waals surface area contributed by atoms with E-state index in [4.69, 9.17) is 9.47 Å². The highest BCUT2D eigenvalue weighted by atomic mass is 16.5. The molecule has 1 aromatic carbocycles. The van der Waals surface area contributed by atoms with Gasteiger partial charge in [0.1, 0.15) is 0 Å². The lowest BCUT2D eigenvalue weighted by Crippen LogP contribution is -2.31. The van der Waals surface area contributed by atoms with Crippen LogP contribution in [0.2, 0.25) is 0 Å². The first kappa shape index (κ1) is 19.1. The fourth-order valence-corrected chi connectivity index (χ4v) is 3.60. The number of rotatable bonds is 11. The molecule has 0 atom stereocenters. The molecule has 1 aromatic rings. The zero-order valence-corrected chi connectivity index (χ0v) is 15.9. The van der Waals surface area contributed by atoms with E-state index in [9.17, 15) is 0 Å². The van der Waals surface area contributed by atoms with Crippen molar-refractivity contribution < 1.29 is 9.47 Å². The summed E-state index contributed by atoms with van der Waals surface area (Å²) in [7, 11) is 3.42. The fourth-order valence-electron chi connectivity index (χ4n) is 3.60. The summed E-state index contributed by atoms with van der Waals surface area (Å²) in [6, 6.07) is 4.32. The summed E-state index contributed by atoms with van der Waals surface area (Å²) in [5, 5.41) is 0. The third kappa shape index (κ3) is 5.70. The van der Waals surface area contributed by atoms with Crippen LogP contribution in [-0.4, -0.2) is 32.2 Å². The van der Waals surface area contributed by atoms with E-state index in [0.29, 0.717) is 0 Å². The Morgan fingerprint density at radius 1 is 0.833 bits per heavy atom. The van der Waals surface area contributed by atoms with Gasteiger partial charge in [-0.15, -0.1) is 0 Å². The van der Waals surface area contributed by atoms with Crippen LogP contribution in [0.4, 0.5) is 0 Å². The smallest absolute Gasteiger partial charge is 0.161 e. The molecular formula is C21H35NO2. The summed E-state index contributed by atoms with van der Waals surface area (Å²) >= 11 is 0. The minimum atomic E-state index is 0.852. The van der Waals surface area contributed by atoms with E-state index in [1.807, 2.05) is 0 Å². The second kappa shape index (κ2) is 10.6. The largest absolute Gasteiger partial charge is 0.493 e. The van der Waals surface area contributed by atoms with E-state index in [1.165, 1.54) is 75.6 Å². The summed E-state index contributed by atoms with van der Waals surface area (Å²) in [5.41, 5.74) is 2.82. The van der Waals surface area contributed by atoms with Crippen molar-refractivity contribution in [3.8, 4) is 11.5 Å². The molecule has 0 aromatic heterocycles. The molecule has 0 N–H and O–H groups in total. The van der Waals surface area contributed by atoms with Gasteiger partial charge in [0, 0.05) is 13.1 Å². The molecular weight excluding hydrogens is 298 g/mol. The predicted molar refractivity (Wildman–Crippen MR) is 101 cm³/mol. The second-order valence-electron chi connectivity index (χ2n) is 6.98. The summed E-state index contributed by atoms with van der Waals surface area (Å²) in [4.78, 5) is 2.59. The third-order valence-electron chi connectivity index (χ3n) is 5.13. The highest BCUT2D eigenvalue weighted by Gasteiger charge is 2.18. The first-order valence-electron chi connectivity index (χ1n) is 9.74. The lowest BCUT2D eigenvalue weighted by Gasteiger charge is -2.29. The van der Waals surface area contributed by atoms with Crippen molar-refractivity contribution in [1.82, 2.24) is 4.90 Å². The SMILES string of the molecule is CCCCCCCCCCN1CCc2cc(OC)c(OC)cc2C1. The Morgan fingerprint density at radius 2 is 1.42 bits per heavy atom. The van der Waals surface area contributed by atoms with Crippen LogP contribution in [-0.2, 0) is 13.0 Å². The van der Waals surface area contributed by atoms with Gasteiger partial charge >= 0.3 is 0 Å². The zero-order chi connectivity index (χ0) is 17.2. The van der Waals surface area contributed by atoms with E-state index in [-0.39, 0.29) is 0 Å². The molecule has 1 aliphatic heterocycles. The van der Waals surface area contributed by atoms with Crippen LogP contribution in [0.25, 0.3) is 0 Å². The van der Waals surface area contributed by atoms with Crippen LogP contribution in [0, 0.1) is 0 Å². The van der Waals surface area contributed by atoms with Gasteiger partial charge in [-0.2, -0.15) is 0 Å². The molecule has 0 aliphatic carbocycles. The molecule has 2 rings (SSSR count). The van der Waals surface area contributed by atoms with Crippen LogP contribution in [0.5, 0.6) is 11.5 Å². The van der Waals surface area contributed by atoms with Gasteiger partial charge in [-0.1, -0.05) is 51.9 Å². The Balaban J connectivity index is 1.71. The van der Waals surface area contributed by atoms with Gasteiger partial charge in [0.2, 0.25) is 0 Å². The molecule has 24 heavy (non-hydrogen) atoms. The highest BCUT2D eigenvalue weighted by molar-refractivity contribution is 5.48.